The lowest BCUT2D eigenvalue weighted by Gasteiger charge is -2.28. The number of ether oxygens (including phenoxy) is 1. The zero-order chi connectivity index (χ0) is 23.6. The van der Waals surface area contributed by atoms with Gasteiger partial charge in [0.15, 0.2) is 0 Å². The Bertz CT molecular complexity index is 1020. The number of nitrogens with one attached hydrogen (secondary N) is 1. The molecule has 0 radical (unpaired) electrons. The molecule has 2 aromatic carbocycles. The van der Waals surface area contributed by atoms with Crippen molar-refractivity contribution in [2.24, 2.45) is 0 Å². The van der Waals surface area contributed by atoms with Gasteiger partial charge in [-0.05, 0) is 42.5 Å². The fraction of sp³-hybridized carbons (Fsp3) is 0.400. The topological polar surface area (TPSA) is 95.9 Å². The number of alkyl carbamates (subject to hydrolysis) is 1. The molecular weight excluding hydrogens is 440 g/mol. The van der Waals surface area contributed by atoms with Crippen molar-refractivity contribution in [3.63, 3.8) is 0 Å². The number of carbonyl (C=O) groups excluding carboxylic acids is 2. The number of thioether (sulfide) groups is 1. The van der Waals surface area contributed by atoms with E-state index < -0.39 is 23.6 Å². The monoisotopic (exact) mass is 468 g/mol. The van der Waals surface area contributed by atoms with Gasteiger partial charge in [-0.25, -0.2) is 9.59 Å². The maximum atomic E-state index is 12.6. The van der Waals surface area contributed by atoms with Crippen LogP contribution < -0.4 is 5.32 Å². The molecule has 8 heteroatoms. The van der Waals surface area contributed by atoms with E-state index in [1.165, 1.54) is 27.8 Å². The number of hydrogen-bond donors (Lipinski definition) is 2. The number of carboxylic acid groups (broad SMARTS) is 1. The second kappa shape index (κ2) is 9.47. The average molecular weight is 469 g/mol. The van der Waals surface area contributed by atoms with Crippen molar-refractivity contribution in [2.45, 2.75) is 44.2 Å². The SMILES string of the molecule is CC(C)(CCC(=O)N1CSC[C@H]1C(=O)O)NC(=O)OCC1c2ccccc2-c2ccccc21. The summed E-state index contributed by atoms with van der Waals surface area (Å²) in [5, 5.41) is 12.1. The Morgan fingerprint density at radius 3 is 2.30 bits per heavy atom. The molecule has 1 heterocycles. The van der Waals surface area contributed by atoms with Crippen molar-refractivity contribution in [3.8, 4) is 11.1 Å². The lowest BCUT2D eigenvalue weighted by molar-refractivity contribution is -0.147. The van der Waals surface area contributed by atoms with Crippen LogP contribution in [0.1, 0.15) is 43.7 Å². The molecule has 174 valence electrons. The van der Waals surface area contributed by atoms with E-state index >= 15 is 0 Å². The molecule has 2 N–H and O–H groups in total. The predicted molar refractivity (Wildman–Crippen MR) is 127 cm³/mol. The first-order chi connectivity index (χ1) is 15.8. The average Bonchev–Trinajstić information content (AvgIpc) is 3.39. The maximum absolute atomic E-state index is 12.6. The molecular formula is C25H28N2O5S. The number of carbonyl (C=O) groups is 3. The Morgan fingerprint density at radius 2 is 1.70 bits per heavy atom. The van der Waals surface area contributed by atoms with E-state index in [-0.39, 0.29) is 24.9 Å². The summed E-state index contributed by atoms with van der Waals surface area (Å²) in [7, 11) is 0. The molecule has 2 aliphatic rings. The zero-order valence-corrected chi connectivity index (χ0v) is 19.6. The van der Waals surface area contributed by atoms with Gasteiger partial charge in [-0.15, -0.1) is 11.8 Å². The number of fused-ring (bicyclic) bond motifs is 3. The number of rotatable bonds is 7. The molecule has 0 aromatic heterocycles. The van der Waals surface area contributed by atoms with Crippen LogP contribution in [0.2, 0.25) is 0 Å². The van der Waals surface area contributed by atoms with Gasteiger partial charge in [-0.2, -0.15) is 0 Å². The fourth-order valence-corrected chi connectivity index (χ4v) is 5.60. The Morgan fingerprint density at radius 1 is 1.09 bits per heavy atom. The molecule has 4 rings (SSSR count). The number of aliphatic carboxylic acids is 1. The van der Waals surface area contributed by atoms with E-state index in [1.54, 1.807) is 0 Å². The normalized spacial score (nSPS) is 17.4. The highest BCUT2D eigenvalue weighted by Crippen LogP contribution is 2.44. The van der Waals surface area contributed by atoms with Gasteiger partial charge >= 0.3 is 12.1 Å². The van der Waals surface area contributed by atoms with Crippen molar-refractivity contribution < 1.29 is 24.2 Å². The number of hydrogen-bond acceptors (Lipinski definition) is 5. The highest BCUT2D eigenvalue weighted by atomic mass is 32.2. The molecule has 0 bridgehead atoms. The molecule has 0 unspecified atom stereocenters. The summed E-state index contributed by atoms with van der Waals surface area (Å²) in [5.74, 6) is -0.425. The Kier molecular flexibility index (Phi) is 6.65. The van der Waals surface area contributed by atoms with E-state index in [2.05, 4.69) is 29.6 Å². The van der Waals surface area contributed by atoms with E-state index in [4.69, 9.17) is 4.74 Å². The van der Waals surface area contributed by atoms with Crippen LogP contribution in [0.25, 0.3) is 11.1 Å². The summed E-state index contributed by atoms with van der Waals surface area (Å²) < 4.78 is 5.60. The van der Waals surface area contributed by atoms with Crippen molar-refractivity contribution >= 4 is 29.7 Å². The second-order valence-corrected chi connectivity index (χ2v) is 10.1. The Labute approximate surface area is 197 Å². The van der Waals surface area contributed by atoms with Gasteiger partial charge in [0.2, 0.25) is 5.91 Å². The minimum atomic E-state index is -0.982. The quantitative estimate of drug-likeness (QED) is 0.636. The van der Waals surface area contributed by atoms with Gasteiger partial charge < -0.3 is 20.1 Å². The molecule has 33 heavy (non-hydrogen) atoms. The number of amides is 2. The van der Waals surface area contributed by atoms with Gasteiger partial charge in [0.1, 0.15) is 12.6 Å². The Hall–Kier alpha value is -3.00. The van der Waals surface area contributed by atoms with Crippen LogP contribution in [0.15, 0.2) is 48.5 Å². The number of carboxylic acids is 1. The standard InChI is InChI=1S/C25H28N2O5S/c1-25(2,12-11-22(28)27-15-33-14-21(27)23(29)30)26-24(31)32-13-20-18-9-5-3-7-16(18)17-8-4-6-10-19(17)20/h3-10,20-21H,11-15H2,1-2H3,(H,26,31)(H,29,30)/t21-/m0/s1. The van der Waals surface area contributed by atoms with Crippen LogP contribution in [0, 0.1) is 0 Å². The van der Waals surface area contributed by atoms with Gasteiger partial charge in [-0.1, -0.05) is 48.5 Å². The third-order valence-electron chi connectivity index (χ3n) is 6.24. The van der Waals surface area contributed by atoms with Gasteiger partial charge in [-0.3, -0.25) is 4.79 Å². The van der Waals surface area contributed by atoms with E-state index in [9.17, 15) is 19.5 Å². The van der Waals surface area contributed by atoms with Gasteiger partial charge in [0.25, 0.3) is 0 Å². The zero-order valence-electron chi connectivity index (χ0n) is 18.7. The summed E-state index contributed by atoms with van der Waals surface area (Å²) in [4.78, 5) is 37.8. The molecule has 2 amide bonds. The molecule has 1 fully saturated rings. The molecule has 1 aliphatic carbocycles. The van der Waals surface area contributed by atoms with Crippen molar-refractivity contribution in [1.82, 2.24) is 10.2 Å². The lowest BCUT2D eigenvalue weighted by atomic mass is 9.97. The molecule has 1 aliphatic heterocycles. The van der Waals surface area contributed by atoms with Crippen LogP contribution in [-0.2, 0) is 14.3 Å². The maximum Gasteiger partial charge on any atom is 0.407 e. The third-order valence-corrected chi connectivity index (χ3v) is 7.25. The highest BCUT2D eigenvalue weighted by Gasteiger charge is 2.35. The summed E-state index contributed by atoms with van der Waals surface area (Å²) in [6, 6.07) is 15.5. The third kappa shape index (κ3) is 5.00. The summed E-state index contributed by atoms with van der Waals surface area (Å²) in [5.41, 5.74) is 3.95. The summed E-state index contributed by atoms with van der Waals surface area (Å²) >= 11 is 1.43. The fourth-order valence-electron chi connectivity index (χ4n) is 4.43. The van der Waals surface area contributed by atoms with E-state index in [0.29, 0.717) is 18.1 Å². The first-order valence-corrected chi connectivity index (χ1v) is 12.2. The van der Waals surface area contributed by atoms with Crippen LogP contribution >= 0.6 is 11.8 Å². The minimum Gasteiger partial charge on any atom is -0.480 e. The molecule has 1 atom stereocenters. The minimum absolute atomic E-state index is 0.0199. The van der Waals surface area contributed by atoms with Crippen LogP contribution in [0.4, 0.5) is 4.79 Å². The van der Waals surface area contributed by atoms with Crippen LogP contribution in [-0.4, -0.2) is 57.8 Å². The van der Waals surface area contributed by atoms with Gasteiger partial charge in [0, 0.05) is 23.6 Å². The smallest absolute Gasteiger partial charge is 0.407 e. The summed E-state index contributed by atoms with van der Waals surface area (Å²) in [6.45, 7) is 3.88. The van der Waals surface area contributed by atoms with Crippen molar-refractivity contribution in [1.29, 1.82) is 0 Å². The van der Waals surface area contributed by atoms with Crippen molar-refractivity contribution in [2.75, 3.05) is 18.2 Å². The number of benzene rings is 2. The van der Waals surface area contributed by atoms with Gasteiger partial charge in [0.05, 0.1) is 5.88 Å². The lowest BCUT2D eigenvalue weighted by Crippen LogP contribution is -2.46. The van der Waals surface area contributed by atoms with Crippen LogP contribution in [0.5, 0.6) is 0 Å². The van der Waals surface area contributed by atoms with Crippen molar-refractivity contribution in [3.05, 3.63) is 59.7 Å². The molecule has 1 saturated heterocycles. The molecule has 7 nitrogen and oxygen atoms in total. The largest absolute Gasteiger partial charge is 0.480 e. The molecule has 0 saturated carbocycles. The molecule has 2 aromatic rings. The first-order valence-electron chi connectivity index (χ1n) is 11.0. The molecule has 0 spiro atoms. The summed E-state index contributed by atoms with van der Waals surface area (Å²) in [6.07, 6.45) is -0.000643. The highest BCUT2D eigenvalue weighted by molar-refractivity contribution is 7.99. The van der Waals surface area contributed by atoms with E-state index in [0.717, 1.165) is 11.1 Å². The van der Waals surface area contributed by atoms with E-state index in [1.807, 2.05) is 38.1 Å². The second-order valence-electron chi connectivity index (χ2n) is 9.05. The van der Waals surface area contributed by atoms with Crippen LogP contribution in [0.3, 0.4) is 0 Å². The number of nitrogens with zero attached hydrogens (tertiary/aromatic N) is 1. The first kappa shape index (κ1) is 23.2. The predicted octanol–water partition coefficient (Wildman–Crippen LogP) is 4.07. The Balaban J connectivity index is 1.31.